The van der Waals surface area contributed by atoms with Gasteiger partial charge >= 0.3 is 5.97 Å². The van der Waals surface area contributed by atoms with Crippen LogP contribution < -0.4 is 5.73 Å². The molecule has 8 nitrogen and oxygen atoms in total. The Balaban J connectivity index is 3.32. The van der Waals surface area contributed by atoms with E-state index in [1.165, 1.54) is 0 Å². The first-order valence-corrected chi connectivity index (χ1v) is 3.78. The van der Waals surface area contributed by atoms with E-state index in [9.17, 15) is 14.9 Å². The predicted molar refractivity (Wildman–Crippen MR) is 45.1 cm³/mol. The smallest absolute Gasteiger partial charge is 0.313 e. The van der Waals surface area contributed by atoms with Crippen molar-refractivity contribution in [1.29, 1.82) is 5.41 Å². The summed E-state index contributed by atoms with van der Waals surface area (Å²) in [5.41, 5.74) is 4.93. The standard InChI is InChI=1S/C6H11N3O5/c7-5(8)4-6(10)13-2-1-3-14-9(11)12/h1-4H2,(H3,7,8). The molecule has 8 heteroatoms. The second-order valence-electron chi connectivity index (χ2n) is 2.33. The van der Waals surface area contributed by atoms with Crippen molar-refractivity contribution < 1.29 is 19.5 Å². The van der Waals surface area contributed by atoms with E-state index in [1.54, 1.807) is 0 Å². The number of esters is 1. The molecule has 0 unspecified atom stereocenters. The summed E-state index contributed by atoms with van der Waals surface area (Å²) in [5.74, 6) is -0.907. The minimum atomic E-state index is -0.919. The fourth-order valence-electron chi connectivity index (χ4n) is 0.591. The summed E-state index contributed by atoms with van der Waals surface area (Å²) in [6.45, 7) is -0.111. The van der Waals surface area contributed by atoms with Crippen LogP contribution >= 0.6 is 0 Å². The number of amidine groups is 1. The van der Waals surface area contributed by atoms with E-state index in [0.29, 0.717) is 0 Å². The van der Waals surface area contributed by atoms with Gasteiger partial charge in [0.15, 0.2) is 0 Å². The zero-order chi connectivity index (χ0) is 11.0. The van der Waals surface area contributed by atoms with E-state index in [0.717, 1.165) is 0 Å². The van der Waals surface area contributed by atoms with Crippen molar-refractivity contribution in [1.82, 2.24) is 0 Å². The maximum Gasteiger partial charge on any atom is 0.313 e. The molecule has 80 valence electrons. The summed E-state index contributed by atoms with van der Waals surface area (Å²) in [7, 11) is 0. The van der Waals surface area contributed by atoms with E-state index in [-0.39, 0.29) is 31.9 Å². The van der Waals surface area contributed by atoms with Gasteiger partial charge in [-0.1, -0.05) is 0 Å². The molecule has 0 bridgehead atoms. The minimum absolute atomic E-state index is 0.0138. The zero-order valence-corrected chi connectivity index (χ0v) is 7.39. The molecule has 0 amide bonds. The highest BCUT2D eigenvalue weighted by molar-refractivity contribution is 5.94. The van der Waals surface area contributed by atoms with Crippen LogP contribution in [0.3, 0.4) is 0 Å². The second-order valence-corrected chi connectivity index (χ2v) is 2.33. The summed E-state index contributed by atoms with van der Waals surface area (Å²) >= 11 is 0. The molecule has 0 aromatic carbocycles. The molecule has 3 N–H and O–H groups in total. The lowest BCUT2D eigenvalue weighted by molar-refractivity contribution is -0.757. The first-order chi connectivity index (χ1) is 6.52. The molecule has 0 spiro atoms. The Bertz CT molecular complexity index is 230. The van der Waals surface area contributed by atoms with Crippen LogP contribution in [0.15, 0.2) is 0 Å². The van der Waals surface area contributed by atoms with Crippen LogP contribution in [-0.4, -0.2) is 30.1 Å². The number of hydrogen-bond acceptors (Lipinski definition) is 6. The third-order valence-corrected chi connectivity index (χ3v) is 1.08. The summed E-state index contributed by atoms with van der Waals surface area (Å²) in [6, 6.07) is 0. The molecule has 0 rings (SSSR count). The van der Waals surface area contributed by atoms with Crippen LogP contribution in [-0.2, 0) is 14.4 Å². The van der Waals surface area contributed by atoms with E-state index in [4.69, 9.17) is 11.1 Å². The summed E-state index contributed by atoms with van der Waals surface area (Å²) < 4.78 is 4.57. The Morgan fingerprint density at radius 1 is 1.50 bits per heavy atom. The van der Waals surface area contributed by atoms with Gasteiger partial charge in [0.1, 0.15) is 12.3 Å². The molecule has 0 radical (unpaired) electrons. The molecule has 0 aromatic rings. The lowest BCUT2D eigenvalue weighted by Crippen LogP contribution is -2.18. The molecule has 14 heavy (non-hydrogen) atoms. The van der Waals surface area contributed by atoms with Gasteiger partial charge in [0.2, 0.25) is 0 Å². The molecule has 0 aliphatic rings. The van der Waals surface area contributed by atoms with Gasteiger partial charge in [-0.15, -0.1) is 10.1 Å². The van der Waals surface area contributed by atoms with Crippen molar-refractivity contribution in [2.45, 2.75) is 12.8 Å². The number of carbonyl (C=O) groups is 1. The van der Waals surface area contributed by atoms with Crippen molar-refractivity contribution in [2.24, 2.45) is 5.73 Å². The highest BCUT2D eigenvalue weighted by Crippen LogP contribution is 1.89. The second kappa shape index (κ2) is 6.63. The zero-order valence-electron chi connectivity index (χ0n) is 7.39. The van der Waals surface area contributed by atoms with Crippen LogP contribution in [0.4, 0.5) is 0 Å². The van der Waals surface area contributed by atoms with Crippen LogP contribution in [0, 0.1) is 15.5 Å². The molecular formula is C6H11N3O5. The lowest BCUT2D eigenvalue weighted by atomic mass is 10.4. The number of nitrogens with two attached hydrogens (primary N) is 1. The van der Waals surface area contributed by atoms with Gasteiger partial charge in [-0.3, -0.25) is 10.2 Å². The molecule has 0 atom stereocenters. The summed E-state index contributed by atoms with van der Waals surface area (Å²) in [5, 5.41) is 15.5. The quantitative estimate of drug-likeness (QED) is 0.143. The van der Waals surface area contributed by atoms with E-state index >= 15 is 0 Å². The first-order valence-electron chi connectivity index (χ1n) is 3.78. The number of rotatable bonds is 7. The normalized spacial score (nSPS) is 9.14. The number of carbonyl (C=O) groups excluding carboxylic acids is 1. The third-order valence-electron chi connectivity index (χ3n) is 1.08. The Morgan fingerprint density at radius 3 is 2.64 bits per heavy atom. The maximum atomic E-state index is 10.7. The Morgan fingerprint density at radius 2 is 2.14 bits per heavy atom. The van der Waals surface area contributed by atoms with Crippen molar-refractivity contribution in [2.75, 3.05) is 13.2 Å². The molecular weight excluding hydrogens is 194 g/mol. The number of nitrogens with one attached hydrogen (secondary N) is 1. The molecule has 0 saturated heterocycles. The van der Waals surface area contributed by atoms with Gasteiger partial charge in [-0.25, -0.2) is 0 Å². The summed E-state index contributed by atoms with van der Waals surface area (Å²) in [4.78, 5) is 24.4. The van der Waals surface area contributed by atoms with Crippen molar-refractivity contribution in [3.05, 3.63) is 10.1 Å². The third kappa shape index (κ3) is 8.24. The largest absolute Gasteiger partial charge is 0.465 e. The fourth-order valence-corrected chi connectivity index (χ4v) is 0.591. The lowest BCUT2D eigenvalue weighted by Gasteiger charge is -2.02. The van der Waals surface area contributed by atoms with Crippen molar-refractivity contribution in [3.63, 3.8) is 0 Å². The molecule has 0 aliphatic heterocycles. The predicted octanol–water partition coefficient (Wildman–Crippen LogP) is -0.546. The maximum absolute atomic E-state index is 10.7. The average molecular weight is 205 g/mol. The molecule has 0 aromatic heterocycles. The Kier molecular flexibility index (Phi) is 5.75. The molecule has 0 heterocycles. The van der Waals surface area contributed by atoms with Gasteiger partial charge < -0.3 is 15.3 Å². The van der Waals surface area contributed by atoms with Crippen molar-refractivity contribution in [3.8, 4) is 0 Å². The highest BCUT2D eigenvalue weighted by Gasteiger charge is 2.04. The molecule has 0 aliphatic carbocycles. The SMILES string of the molecule is N=C(N)CC(=O)OCCCO[N+](=O)[O-]. The highest BCUT2D eigenvalue weighted by atomic mass is 16.9. The first kappa shape index (κ1) is 12.1. The Labute approximate surface area is 79.6 Å². The average Bonchev–Trinajstić information content (AvgIpc) is 2.01. The fraction of sp³-hybridized carbons (Fsp3) is 0.667. The topological polar surface area (TPSA) is 129 Å². The van der Waals surface area contributed by atoms with Crippen LogP contribution in [0.25, 0.3) is 0 Å². The number of ether oxygens (including phenoxy) is 1. The van der Waals surface area contributed by atoms with E-state index in [2.05, 4.69) is 9.57 Å². The van der Waals surface area contributed by atoms with E-state index in [1.807, 2.05) is 0 Å². The molecule has 0 saturated carbocycles. The monoisotopic (exact) mass is 205 g/mol. The van der Waals surface area contributed by atoms with Crippen LogP contribution in [0.5, 0.6) is 0 Å². The summed E-state index contributed by atoms with van der Waals surface area (Å²) in [6.07, 6.45) is -0.0410. The number of nitrogens with zero attached hydrogens (tertiary/aromatic N) is 1. The van der Waals surface area contributed by atoms with Gasteiger partial charge in [0.25, 0.3) is 5.09 Å². The van der Waals surface area contributed by atoms with Gasteiger partial charge in [0, 0.05) is 6.42 Å². The van der Waals surface area contributed by atoms with Gasteiger partial charge in [0.05, 0.1) is 13.2 Å². The van der Waals surface area contributed by atoms with Crippen LogP contribution in [0.2, 0.25) is 0 Å². The Hall–Kier alpha value is -1.86. The van der Waals surface area contributed by atoms with E-state index < -0.39 is 11.1 Å². The number of hydrogen-bond donors (Lipinski definition) is 2. The van der Waals surface area contributed by atoms with Crippen LogP contribution in [0.1, 0.15) is 12.8 Å². The van der Waals surface area contributed by atoms with Gasteiger partial charge in [-0.05, 0) is 0 Å². The van der Waals surface area contributed by atoms with Crippen molar-refractivity contribution >= 4 is 11.8 Å². The molecule has 0 fully saturated rings. The van der Waals surface area contributed by atoms with Gasteiger partial charge in [-0.2, -0.15) is 0 Å². The minimum Gasteiger partial charge on any atom is -0.465 e.